The van der Waals surface area contributed by atoms with Gasteiger partial charge in [0.05, 0.1) is 6.20 Å². The van der Waals surface area contributed by atoms with E-state index in [9.17, 15) is 0 Å². The first-order valence-electron chi connectivity index (χ1n) is 7.71. The van der Waals surface area contributed by atoms with Crippen LogP contribution >= 0.6 is 0 Å². The highest BCUT2D eigenvalue weighted by Gasteiger charge is 2.34. The van der Waals surface area contributed by atoms with Crippen molar-refractivity contribution in [2.24, 2.45) is 11.3 Å². The van der Waals surface area contributed by atoms with Crippen LogP contribution in [0.4, 0.5) is 5.82 Å². The lowest BCUT2D eigenvalue weighted by Crippen LogP contribution is -2.28. The smallest absolute Gasteiger partial charge is 0.157 e. The minimum atomic E-state index is 0.474. The molecule has 2 aromatic heterocycles. The molecule has 3 rings (SSSR count). The van der Waals surface area contributed by atoms with Gasteiger partial charge >= 0.3 is 0 Å². The van der Waals surface area contributed by atoms with Gasteiger partial charge in [-0.3, -0.25) is 0 Å². The van der Waals surface area contributed by atoms with Crippen molar-refractivity contribution in [3.05, 3.63) is 24.5 Å². The summed E-state index contributed by atoms with van der Waals surface area (Å²) in [5.41, 5.74) is 1.38. The monoisotopic (exact) mass is 272 g/mol. The molecule has 0 aliphatic heterocycles. The van der Waals surface area contributed by atoms with Crippen molar-refractivity contribution < 1.29 is 0 Å². The van der Waals surface area contributed by atoms with Crippen molar-refractivity contribution in [3.63, 3.8) is 0 Å². The van der Waals surface area contributed by atoms with Crippen LogP contribution in [0.5, 0.6) is 0 Å². The van der Waals surface area contributed by atoms with Gasteiger partial charge in [0.1, 0.15) is 5.82 Å². The maximum Gasteiger partial charge on any atom is 0.157 e. The second kappa shape index (κ2) is 5.43. The fraction of sp³-hybridized carbons (Fsp3) is 0.625. The zero-order chi connectivity index (χ0) is 14.0. The van der Waals surface area contributed by atoms with E-state index in [2.05, 4.69) is 29.2 Å². The standard InChI is InChI=1S/C16H24N4/c1-13(2)11-16(7-3-4-8-16)12-17-14-6-10-20-15(19-14)5-9-18-20/h5-6,9-10,13H,3-4,7-8,11-12H2,1-2H3,(H,17,19). The molecule has 1 aliphatic carbocycles. The van der Waals surface area contributed by atoms with Gasteiger partial charge in [0.2, 0.25) is 0 Å². The molecule has 2 heterocycles. The van der Waals surface area contributed by atoms with Crippen molar-refractivity contribution >= 4 is 11.5 Å². The fourth-order valence-corrected chi connectivity index (χ4v) is 3.63. The van der Waals surface area contributed by atoms with Crippen LogP contribution in [-0.4, -0.2) is 21.1 Å². The van der Waals surface area contributed by atoms with Crippen molar-refractivity contribution in [2.75, 3.05) is 11.9 Å². The van der Waals surface area contributed by atoms with Gasteiger partial charge in [-0.25, -0.2) is 9.50 Å². The molecule has 1 saturated carbocycles. The quantitative estimate of drug-likeness (QED) is 0.901. The third-order valence-electron chi connectivity index (χ3n) is 4.41. The van der Waals surface area contributed by atoms with Crippen molar-refractivity contribution in [2.45, 2.75) is 46.0 Å². The Hall–Kier alpha value is -1.58. The molecule has 0 spiro atoms. The van der Waals surface area contributed by atoms with Gasteiger partial charge in [-0.05, 0) is 36.7 Å². The molecule has 0 bridgehead atoms. The third-order valence-corrected chi connectivity index (χ3v) is 4.41. The van der Waals surface area contributed by atoms with Crippen LogP contribution in [0, 0.1) is 11.3 Å². The van der Waals surface area contributed by atoms with E-state index in [0.717, 1.165) is 23.9 Å². The first-order valence-corrected chi connectivity index (χ1v) is 7.71. The van der Waals surface area contributed by atoms with Crippen molar-refractivity contribution in [3.8, 4) is 0 Å². The summed E-state index contributed by atoms with van der Waals surface area (Å²) >= 11 is 0. The lowest BCUT2D eigenvalue weighted by atomic mass is 9.78. The Kier molecular flexibility index (Phi) is 3.64. The lowest BCUT2D eigenvalue weighted by Gasteiger charge is -2.31. The number of nitrogens with zero attached hydrogens (tertiary/aromatic N) is 3. The summed E-state index contributed by atoms with van der Waals surface area (Å²) in [6.07, 6.45) is 10.5. The summed E-state index contributed by atoms with van der Waals surface area (Å²) in [6, 6.07) is 3.95. The zero-order valence-electron chi connectivity index (χ0n) is 12.5. The predicted octanol–water partition coefficient (Wildman–Crippen LogP) is 3.75. The largest absolute Gasteiger partial charge is 0.369 e. The highest BCUT2D eigenvalue weighted by molar-refractivity contribution is 5.45. The number of hydrogen-bond acceptors (Lipinski definition) is 3. The molecule has 0 atom stereocenters. The normalized spacial score (nSPS) is 17.9. The van der Waals surface area contributed by atoms with Crippen LogP contribution in [-0.2, 0) is 0 Å². The average molecular weight is 272 g/mol. The van der Waals surface area contributed by atoms with Gasteiger partial charge in [-0.15, -0.1) is 0 Å². The van der Waals surface area contributed by atoms with Crippen LogP contribution < -0.4 is 5.32 Å². The van der Waals surface area contributed by atoms with Crippen LogP contribution in [0.2, 0.25) is 0 Å². The third kappa shape index (κ3) is 2.79. The number of aromatic nitrogens is 3. The molecule has 20 heavy (non-hydrogen) atoms. The maximum atomic E-state index is 4.60. The zero-order valence-corrected chi connectivity index (χ0v) is 12.5. The molecule has 1 aliphatic rings. The Labute approximate surface area is 120 Å². The Morgan fingerprint density at radius 2 is 2.10 bits per heavy atom. The van der Waals surface area contributed by atoms with Crippen LogP contribution in [0.1, 0.15) is 46.0 Å². The summed E-state index contributed by atoms with van der Waals surface area (Å²) in [5, 5.41) is 7.74. The first kappa shape index (κ1) is 13.4. The average Bonchev–Trinajstić information content (AvgIpc) is 3.04. The van der Waals surface area contributed by atoms with E-state index in [1.54, 1.807) is 10.7 Å². The number of fused-ring (bicyclic) bond motifs is 1. The molecular formula is C16H24N4. The Balaban J connectivity index is 1.70. The van der Waals surface area contributed by atoms with E-state index < -0.39 is 0 Å². The first-order chi connectivity index (χ1) is 9.67. The van der Waals surface area contributed by atoms with Crippen LogP contribution in [0.3, 0.4) is 0 Å². The van der Waals surface area contributed by atoms with Crippen molar-refractivity contribution in [1.29, 1.82) is 0 Å². The Morgan fingerprint density at radius 3 is 2.85 bits per heavy atom. The van der Waals surface area contributed by atoms with E-state index in [-0.39, 0.29) is 0 Å². The summed E-state index contributed by atoms with van der Waals surface area (Å²) in [5.74, 6) is 1.73. The molecule has 0 aromatic carbocycles. The number of rotatable bonds is 5. The second-order valence-corrected chi connectivity index (χ2v) is 6.61. The topological polar surface area (TPSA) is 42.2 Å². The summed E-state index contributed by atoms with van der Waals surface area (Å²) in [4.78, 5) is 4.60. The van der Waals surface area contributed by atoms with E-state index in [4.69, 9.17) is 0 Å². The molecule has 4 heteroatoms. The molecule has 0 radical (unpaired) electrons. The van der Waals surface area contributed by atoms with E-state index in [0.29, 0.717) is 5.41 Å². The number of hydrogen-bond donors (Lipinski definition) is 1. The Morgan fingerprint density at radius 1 is 1.30 bits per heavy atom. The summed E-state index contributed by atoms with van der Waals surface area (Å²) in [7, 11) is 0. The van der Waals surface area contributed by atoms with Gasteiger partial charge in [-0.1, -0.05) is 26.7 Å². The van der Waals surface area contributed by atoms with Gasteiger partial charge in [0.15, 0.2) is 5.65 Å². The van der Waals surface area contributed by atoms with Gasteiger partial charge in [0, 0.05) is 18.8 Å². The maximum absolute atomic E-state index is 4.60. The fourth-order valence-electron chi connectivity index (χ4n) is 3.63. The number of nitrogens with one attached hydrogen (secondary N) is 1. The molecule has 0 saturated heterocycles. The summed E-state index contributed by atoms with van der Waals surface area (Å²) < 4.78 is 1.80. The van der Waals surface area contributed by atoms with Crippen LogP contribution in [0.25, 0.3) is 5.65 Å². The second-order valence-electron chi connectivity index (χ2n) is 6.61. The van der Waals surface area contributed by atoms with Gasteiger partial charge in [-0.2, -0.15) is 5.10 Å². The molecule has 2 aromatic rings. The summed E-state index contributed by atoms with van der Waals surface area (Å²) in [6.45, 7) is 5.70. The molecule has 1 fully saturated rings. The minimum Gasteiger partial charge on any atom is -0.369 e. The number of anilines is 1. The van der Waals surface area contributed by atoms with E-state index in [1.807, 2.05) is 18.3 Å². The highest BCUT2D eigenvalue weighted by Crippen LogP contribution is 2.43. The Bertz CT molecular complexity index is 567. The SMILES string of the molecule is CC(C)CC1(CNc2ccn3nccc3n2)CCCC1. The molecule has 108 valence electrons. The minimum absolute atomic E-state index is 0.474. The molecule has 1 N–H and O–H groups in total. The van der Waals surface area contributed by atoms with E-state index >= 15 is 0 Å². The van der Waals surface area contributed by atoms with Crippen molar-refractivity contribution in [1.82, 2.24) is 14.6 Å². The van der Waals surface area contributed by atoms with Gasteiger partial charge in [0.25, 0.3) is 0 Å². The lowest BCUT2D eigenvalue weighted by molar-refractivity contribution is 0.252. The molecule has 0 unspecified atom stereocenters. The van der Waals surface area contributed by atoms with Crippen LogP contribution in [0.15, 0.2) is 24.5 Å². The van der Waals surface area contributed by atoms with E-state index in [1.165, 1.54) is 32.1 Å². The van der Waals surface area contributed by atoms with Gasteiger partial charge < -0.3 is 5.32 Å². The highest BCUT2D eigenvalue weighted by atomic mass is 15.2. The molecular weight excluding hydrogens is 248 g/mol. The predicted molar refractivity (Wildman–Crippen MR) is 81.8 cm³/mol. The molecule has 4 nitrogen and oxygen atoms in total. The molecule has 0 amide bonds.